The summed E-state index contributed by atoms with van der Waals surface area (Å²) < 4.78 is 13.4. The molecule has 0 saturated carbocycles. The summed E-state index contributed by atoms with van der Waals surface area (Å²) in [6.45, 7) is 4.87. The third-order valence-corrected chi connectivity index (χ3v) is 6.36. The first-order valence-electron chi connectivity index (χ1n) is 11.2. The van der Waals surface area contributed by atoms with E-state index in [2.05, 4.69) is 10.3 Å². The van der Waals surface area contributed by atoms with Crippen LogP contribution in [0.3, 0.4) is 0 Å². The molecule has 0 spiro atoms. The highest BCUT2D eigenvalue weighted by atomic mass is 19.1. The van der Waals surface area contributed by atoms with Gasteiger partial charge in [0.2, 0.25) is 11.8 Å². The van der Waals surface area contributed by atoms with Gasteiger partial charge in [-0.3, -0.25) is 14.6 Å². The van der Waals surface area contributed by atoms with Gasteiger partial charge in [0.25, 0.3) is 0 Å². The van der Waals surface area contributed by atoms with Gasteiger partial charge in [-0.15, -0.1) is 0 Å². The molecule has 1 fully saturated rings. The molecule has 170 valence electrons. The van der Waals surface area contributed by atoms with E-state index in [0.717, 1.165) is 22.3 Å². The van der Waals surface area contributed by atoms with Gasteiger partial charge in [-0.25, -0.2) is 4.39 Å². The number of nitrogens with zero attached hydrogens (tertiary/aromatic N) is 2. The minimum atomic E-state index is -0.833. The van der Waals surface area contributed by atoms with Crippen molar-refractivity contribution in [2.24, 2.45) is 5.92 Å². The predicted molar refractivity (Wildman–Crippen MR) is 126 cm³/mol. The first kappa shape index (κ1) is 22.6. The molecular weight excluding hydrogens is 417 g/mol. The van der Waals surface area contributed by atoms with E-state index in [-0.39, 0.29) is 23.5 Å². The van der Waals surface area contributed by atoms with Crippen LogP contribution in [0.15, 0.2) is 73.1 Å². The fourth-order valence-electron chi connectivity index (χ4n) is 4.40. The standard InChI is InChI=1S/C27H28FN3O2/c1-27(2,22-7-9-23(28)10-8-22)26(33)31-16-15-30-25(32)21(18-31)17-20-5-3-4-6-24(20)19-11-13-29-14-12-19/h3-14,21H,15-18H2,1-2H3,(H,30,32)/t21-/m1/s1. The molecule has 0 aliphatic carbocycles. The fraction of sp³-hybridized carbons (Fsp3) is 0.296. The minimum absolute atomic E-state index is 0.0468. The van der Waals surface area contributed by atoms with E-state index in [4.69, 9.17) is 0 Å². The molecule has 2 aromatic carbocycles. The van der Waals surface area contributed by atoms with Crippen LogP contribution in [0.1, 0.15) is 25.0 Å². The van der Waals surface area contributed by atoms with Gasteiger partial charge in [0.1, 0.15) is 5.82 Å². The van der Waals surface area contributed by atoms with E-state index in [1.807, 2.05) is 50.2 Å². The maximum atomic E-state index is 13.5. The number of amides is 2. The number of carbonyl (C=O) groups excluding carboxylic acids is 2. The molecule has 1 aliphatic rings. The van der Waals surface area contributed by atoms with Gasteiger partial charge < -0.3 is 10.2 Å². The van der Waals surface area contributed by atoms with Crippen LogP contribution < -0.4 is 5.32 Å². The summed E-state index contributed by atoms with van der Waals surface area (Å²) in [5.41, 5.74) is 3.06. The lowest BCUT2D eigenvalue weighted by Gasteiger charge is -2.32. The van der Waals surface area contributed by atoms with Crippen LogP contribution in [0.25, 0.3) is 11.1 Å². The molecular formula is C27H28FN3O2. The highest BCUT2D eigenvalue weighted by Gasteiger charge is 2.37. The number of halogens is 1. The summed E-state index contributed by atoms with van der Waals surface area (Å²) in [4.78, 5) is 32.3. The van der Waals surface area contributed by atoms with Crippen molar-refractivity contribution in [2.75, 3.05) is 19.6 Å². The van der Waals surface area contributed by atoms with E-state index in [9.17, 15) is 14.0 Å². The zero-order valence-electron chi connectivity index (χ0n) is 18.9. The Bertz CT molecular complexity index is 1130. The second kappa shape index (κ2) is 9.53. The van der Waals surface area contributed by atoms with Gasteiger partial charge in [0, 0.05) is 32.0 Å². The molecule has 1 aliphatic heterocycles. The molecule has 3 aromatic rings. The van der Waals surface area contributed by atoms with E-state index in [1.165, 1.54) is 12.1 Å². The van der Waals surface area contributed by atoms with E-state index in [0.29, 0.717) is 26.1 Å². The quantitative estimate of drug-likeness (QED) is 0.646. The third-order valence-electron chi connectivity index (χ3n) is 6.36. The van der Waals surface area contributed by atoms with Crippen molar-refractivity contribution in [3.05, 3.63) is 90.0 Å². The molecule has 1 saturated heterocycles. The first-order chi connectivity index (χ1) is 15.9. The van der Waals surface area contributed by atoms with Gasteiger partial charge in [0.05, 0.1) is 11.3 Å². The summed E-state index contributed by atoms with van der Waals surface area (Å²) in [7, 11) is 0. The highest BCUT2D eigenvalue weighted by molar-refractivity contribution is 5.89. The van der Waals surface area contributed by atoms with Crippen LogP contribution >= 0.6 is 0 Å². The topological polar surface area (TPSA) is 62.3 Å². The monoisotopic (exact) mass is 445 g/mol. The van der Waals surface area contributed by atoms with Crippen molar-refractivity contribution >= 4 is 11.8 Å². The number of hydrogen-bond acceptors (Lipinski definition) is 3. The number of carbonyl (C=O) groups is 2. The molecule has 2 amide bonds. The summed E-state index contributed by atoms with van der Waals surface area (Å²) >= 11 is 0. The summed E-state index contributed by atoms with van der Waals surface area (Å²) in [6, 6.07) is 18.0. The summed E-state index contributed by atoms with van der Waals surface area (Å²) in [5.74, 6) is -0.824. The van der Waals surface area contributed by atoms with E-state index >= 15 is 0 Å². The maximum absolute atomic E-state index is 13.5. The number of nitrogens with one attached hydrogen (secondary N) is 1. The molecule has 0 bridgehead atoms. The number of hydrogen-bond donors (Lipinski definition) is 1. The Morgan fingerprint density at radius 2 is 1.79 bits per heavy atom. The number of rotatable bonds is 5. The Balaban J connectivity index is 1.57. The predicted octanol–water partition coefficient (Wildman–Crippen LogP) is 3.98. The van der Waals surface area contributed by atoms with Crippen molar-refractivity contribution in [3.63, 3.8) is 0 Å². The number of aromatic nitrogens is 1. The van der Waals surface area contributed by atoms with Crippen molar-refractivity contribution < 1.29 is 14.0 Å². The van der Waals surface area contributed by atoms with Gasteiger partial charge in [-0.1, -0.05) is 36.4 Å². The van der Waals surface area contributed by atoms with E-state index < -0.39 is 5.41 Å². The average Bonchev–Trinajstić information content (AvgIpc) is 3.01. The summed E-state index contributed by atoms with van der Waals surface area (Å²) in [6.07, 6.45) is 4.02. The summed E-state index contributed by atoms with van der Waals surface area (Å²) in [5, 5.41) is 2.97. The average molecular weight is 446 g/mol. The Morgan fingerprint density at radius 1 is 1.09 bits per heavy atom. The molecule has 1 N–H and O–H groups in total. The van der Waals surface area contributed by atoms with Gasteiger partial charge in [-0.05, 0) is 66.8 Å². The van der Waals surface area contributed by atoms with Crippen LogP contribution in [-0.4, -0.2) is 41.3 Å². The SMILES string of the molecule is CC(C)(C(=O)N1CCNC(=O)[C@H](Cc2ccccc2-c2ccncc2)C1)c1ccc(F)cc1. The van der Waals surface area contributed by atoms with Crippen molar-refractivity contribution in [3.8, 4) is 11.1 Å². The smallest absolute Gasteiger partial charge is 0.232 e. The molecule has 33 heavy (non-hydrogen) atoms. The van der Waals surface area contributed by atoms with Crippen molar-refractivity contribution in [2.45, 2.75) is 25.7 Å². The first-order valence-corrected chi connectivity index (χ1v) is 11.2. The van der Waals surface area contributed by atoms with E-state index in [1.54, 1.807) is 29.4 Å². The fourth-order valence-corrected chi connectivity index (χ4v) is 4.40. The lowest BCUT2D eigenvalue weighted by molar-refractivity contribution is -0.137. The lowest BCUT2D eigenvalue weighted by atomic mass is 9.82. The Morgan fingerprint density at radius 3 is 2.52 bits per heavy atom. The number of benzene rings is 2. The van der Waals surface area contributed by atoms with Crippen LogP contribution in [0.5, 0.6) is 0 Å². The molecule has 4 rings (SSSR count). The normalized spacial score (nSPS) is 16.8. The Kier molecular flexibility index (Phi) is 6.54. The molecule has 1 atom stereocenters. The number of pyridine rings is 1. The molecule has 1 aromatic heterocycles. The second-order valence-electron chi connectivity index (χ2n) is 8.97. The maximum Gasteiger partial charge on any atom is 0.232 e. The van der Waals surface area contributed by atoms with Crippen LogP contribution in [-0.2, 0) is 21.4 Å². The second-order valence-corrected chi connectivity index (χ2v) is 8.97. The van der Waals surface area contributed by atoms with Crippen LogP contribution in [0.2, 0.25) is 0 Å². The molecule has 6 heteroatoms. The van der Waals surface area contributed by atoms with Crippen molar-refractivity contribution in [1.29, 1.82) is 0 Å². The highest BCUT2D eigenvalue weighted by Crippen LogP contribution is 2.29. The van der Waals surface area contributed by atoms with Gasteiger partial charge >= 0.3 is 0 Å². The Hall–Kier alpha value is -3.54. The van der Waals surface area contributed by atoms with Gasteiger partial charge in [-0.2, -0.15) is 0 Å². The molecule has 0 radical (unpaired) electrons. The zero-order valence-corrected chi connectivity index (χ0v) is 18.9. The lowest BCUT2D eigenvalue weighted by Crippen LogP contribution is -2.46. The van der Waals surface area contributed by atoms with Crippen LogP contribution in [0, 0.1) is 11.7 Å². The molecule has 2 heterocycles. The molecule has 5 nitrogen and oxygen atoms in total. The largest absolute Gasteiger partial charge is 0.354 e. The van der Waals surface area contributed by atoms with Gasteiger partial charge in [0.15, 0.2) is 0 Å². The zero-order chi connectivity index (χ0) is 23.4. The minimum Gasteiger partial charge on any atom is -0.354 e. The molecule has 0 unspecified atom stereocenters. The van der Waals surface area contributed by atoms with Crippen molar-refractivity contribution in [1.82, 2.24) is 15.2 Å². The third kappa shape index (κ3) is 4.95. The Labute approximate surface area is 193 Å². The van der Waals surface area contributed by atoms with Crippen LogP contribution in [0.4, 0.5) is 4.39 Å².